The van der Waals surface area contributed by atoms with E-state index in [0.29, 0.717) is 22.6 Å². The molecule has 33 heavy (non-hydrogen) atoms. The number of carbonyl (C=O) groups excluding carboxylic acids is 1. The van der Waals surface area contributed by atoms with Crippen LogP contribution in [0.5, 0.6) is 11.5 Å². The molecule has 0 saturated carbocycles. The molecule has 0 bridgehead atoms. The molecule has 1 aliphatic heterocycles. The van der Waals surface area contributed by atoms with E-state index in [1.165, 1.54) is 42.3 Å². The zero-order valence-corrected chi connectivity index (χ0v) is 18.5. The smallest absolute Gasteiger partial charge is 0.387 e. The summed E-state index contributed by atoms with van der Waals surface area (Å²) in [7, 11) is -0.872. The van der Waals surface area contributed by atoms with Gasteiger partial charge in [0, 0.05) is 24.0 Å². The quantitative estimate of drug-likeness (QED) is 0.553. The van der Waals surface area contributed by atoms with Gasteiger partial charge < -0.3 is 14.4 Å². The summed E-state index contributed by atoms with van der Waals surface area (Å²) in [5, 5.41) is 0. The number of ether oxygens (including phenoxy) is 2. The molecule has 0 atom stereocenters. The van der Waals surface area contributed by atoms with Crippen LogP contribution in [0.15, 0.2) is 65.6 Å². The van der Waals surface area contributed by atoms with Crippen LogP contribution < -0.4 is 19.1 Å². The van der Waals surface area contributed by atoms with Crippen molar-refractivity contribution < 1.29 is 31.5 Å². The number of hydrogen-bond donors (Lipinski definition) is 1. The first-order valence-corrected chi connectivity index (χ1v) is 11.3. The Labute approximate surface area is 189 Å². The molecule has 3 aromatic carbocycles. The minimum Gasteiger partial charge on any atom is -0.497 e. The van der Waals surface area contributed by atoms with E-state index in [4.69, 9.17) is 4.74 Å². The molecule has 0 radical (unpaired) electrons. The number of alkyl halides is 2. The van der Waals surface area contributed by atoms with E-state index in [1.807, 2.05) is 0 Å². The standard InChI is InChI=1S/C23H20F2N2O5S/c1-27-20-9-8-18(11-15(20)12-22(27)28)33(29,30)26-16-5-10-21(32-23(24)25)19(13-16)14-3-6-17(31-2)7-4-14/h3-11,13,23,26H,12H2,1-2H3. The third-order valence-corrected chi connectivity index (χ3v) is 6.67. The lowest BCUT2D eigenvalue weighted by Crippen LogP contribution is -2.20. The van der Waals surface area contributed by atoms with E-state index in [9.17, 15) is 22.0 Å². The van der Waals surface area contributed by atoms with Crippen LogP contribution >= 0.6 is 0 Å². The van der Waals surface area contributed by atoms with Crippen molar-refractivity contribution in [2.75, 3.05) is 23.8 Å². The van der Waals surface area contributed by atoms with Gasteiger partial charge in [-0.15, -0.1) is 0 Å². The summed E-state index contributed by atoms with van der Waals surface area (Å²) >= 11 is 0. The van der Waals surface area contributed by atoms with Crippen LogP contribution in [0.4, 0.5) is 20.2 Å². The van der Waals surface area contributed by atoms with Crippen LogP contribution in [0.2, 0.25) is 0 Å². The Morgan fingerprint density at radius 2 is 1.76 bits per heavy atom. The van der Waals surface area contributed by atoms with Gasteiger partial charge in [0.25, 0.3) is 10.0 Å². The summed E-state index contributed by atoms with van der Waals surface area (Å²) in [4.78, 5) is 13.4. The molecule has 0 fully saturated rings. The highest BCUT2D eigenvalue weighted by atomic mass is 32.2. The topological polar surface area (TPSA) is 84.9 Å². The maximum atomic E-state index is 13.0. The predicted octanol–water partition coefficient (Wildman–Crippen LogP) is 4.28. The van der Waals surface area contributed by atoms with Crippen molar-refractivity contribution >= 4 is 27.3 Å². The number of halogens is 2. The molecule has 3 aromatic rings. The van der Waals surface area contributed by atoms with Crippen molar-refractivity contribution in [1.82, 2.24) is 0 Å². The van der Waals surface area contributed by atoms with Gasteiger partial charge >= 0.3 is 6.61 Å². The summed E-state index contributed by atoms with van der Waals surface area (Å²) < 4.78 is 64.0. The van der Waals surface area contributed by atoms with Gasteiger partial charge in [-0.3, -0.25) is 9.52 Å². The van der Waals surface area contributed by atoms with Crippen LogP contribution in [0, 0.1) is 0 Å². The molecular weight excluding hydrogens is 454 g/mol. The average molecular weight is 474 g/mol. The molecule has 172 valence electrons. The number of fused-ring (bicyclic) bond motifs is 1. The van der Waals surface area contributed by atoms with E-state index in [-0.39, 0.29) is 34.2 Å². The van der Waals surface area contributed by atoms with E-state index in [0.717, 1.165) is 0 Å². The summed E-state index contributed by atoms with van der Waals surface area (Å²) in [5.41, 5.74) is 2.25. The van der Waals surface area contributed by atoms with Crippen LogP contribution in [-0.4, -0.2) is 35.1 Å². The summed E-state index contributed by atoms with van der Waals surface area (Å²) in [5.74, 6) is 0.358. The van der Waals surface area contributed by atoms with Crippen LogP contribution in [-0.2, 0) is 21.2 Å². The van der Waals surface area contributed by atoms with Gasteiger partial charge in [-0.25, -0.2) is 8.42 Å². The van der Waals surface area contributed by atoms with Gasteiger partial charge in [-0.05, 0) is 59.7 Å². The number of rotatable bonds is 7. The maximum absolute atomic E-state index is 13.0. The Kier molecular flexibility index (Phi) is 5.94. The van der Waals surface area contributed by atoms with Crippen molar-refractivity contribution in [3.05, 3.63) is 66.2 Å². The average Bonchev–Trinajstić information content (AvgIpc) is 3.07. The first-order chi connectivity index (χ1) is 15.7. The number of amides is 1. The fourth-order valence-corrected chi connectivity index (χ4v) is 4.72. The monoisotopic (exact) mass is 474 g/mol. The van der Waals surface area contributed by atoms with Gasteiger partial charge in [0.05, 0.1) is 18.4 Å². The SMILES string of the molecule is COc1ccc(-c2cc(NS(=O)(=O)c3ccc4c(c3)CC(=O)N4C)ccc2OC(F)F)cc1. The first-order valence-electron chi connectivity index (χ1n) is 9.83. The summed E-state index contributed by atoms with van der Waals surface area (Å²) in [6.45, 7) is -3.04. The number of sulfonamides is 1. The lowest BCUT2D eigenvalue weighted by atomic mass is 10.0. The van der Waals surface area contributed by atoms with Crippen molar-refractivity contribution in [3.63, 3.8) is 0 Å². The van der Waals surface area contributed by atoms with E-state index in [2.05, 4.69) is 9.46 Å². The molecule has 1 aliphatic rings. The van der Waals surface area contributed by atoms with Crippen molar-refractivity contribution in [1.29, 1.82) is 0 Å². The van der Waals surface area contributed by atoms with Gasteiger partial charge in [-0.1, -0.05) is 12.1 Å². The Morgan fingerprint density at radius 1 is 1.03 bits per heavy atom. The van der Waals surface area contributed by atoms with Crippen molar-refractivity contribution in [2.45, 2.75) is 17.9 Å². The first kappa shape index (κ1) is 22.5. The van der Waals surface area contributed by atoms with Crippen molar-refractivity contribution in [3.8, 4) is 22.6 Å². The summed E-state index contributed by atoms with van der Waals surface area (Å²) in [6.07, 6.45) is 0.122. The Hall–Kier alpha value is -3.66. The number of benzene rings is 3. The Bertz CT molecular complexity index is 1310. The molecule has 10 heteroatoms. The number of carbonyl (C=O) groups is 1. The third-order valence-electron chi connectivity index (χ3n) is 5.29. The second kappa shape index (κ2) is 8.70. The molecule has 1 heterocycles. The van der Waals surface area contributed by atoms with Crippen LogP contribution in [0.3, 0.4) is 0 Å². The van der Waals surface area contributed by atoms with Gasteiger partial charge in [0.1, 0.15) is 11.5 Å². The van der Waals surface area contributed by atoms with Gasteiger partial charge in [-0.2, -0.15) is 8.78 Å². The molecule has 0 aliphatic carbocycles. The third kappa shape index (κ3) is 4.61. The number of likely N-dealkylation sites (N-methyl/N-ethyl adjacent to an activating group) is 1. The number of nitrogens with zero attached hydrogens (tertiary/aromatic N) is 1. The highest BCUT2D eigenvalue weighted by Gasteiger charge is 2.26. The molecule has 7 nitrogen and oxygen atoms in total. The largest absolute Gasteiger partial charge is 0.497 e. The maximum Gasteiger partial charge on any atom is 0.387 e. The highest BCUT2D eigenvalue weighted by Crippen LogP contribution is 2.36. The lowest BCUT2D eigenvalue weighted by Gasteiger charge is -2.15. The van der Waals surface area contributed by atoms with E-state index in [1.54, 1.807) is 37.4 Å². The van der Waals surface area contributed by atoms with Crippen LogP contribution in [0.25, 0.3) is 11.1 Å². The number of methoxy groups -OCH3 is 1. The lowest BCUT2D eigenvalue weighted by molar-refractivity contribution is -0.117. The Balaban J connectivity index is 1.68. The molecule has 0 unspecified atom stereocenters. The fourth-order valence-electron chi connectivity index (χ4n) is 3.62. The van der Waals surface area contributed by atoms with Crippen LogP contribution in [0.1, 0.15) is 5.56 Å². The summed E-state index contributed by atoms with van der Waals surface area (Å²) in [6, 6.07) is 15.1. The molecule has 0 spiro atoms. The van der Waals surface area contributed by atoms with Gasteiger partial charge in [0.2, 0.25) is 5.91 Å². The van der Waals surface area contributed by atoms with Gasteiger partial charge in [0.15, 0.2) is 0 Å². The normalized spacial score (nSPS) is 13.2. The predicted molar refractivity (Wildman–Crippen MR) is 119 cm³/mol. The number of hydrogen-bond acceptors (Lipinski definition) is 5. The molecule has 4 rings (SSSR count). The minimum absolute atomic E-state index is 0.0109. The Morgan fingerprint density at radius 3 is 2.42 bits per heavy atom. The van der Waals surface area contributed by atoms with Crippen molar-refractivity contribution in [2.24, 2.45) is 0 Å². The molecule has 1 amide bonds. The zero-order valence-electron chi connectivity index (χ0n) is 17.7. The zero-order chi connectivity index (χ0) is 23.8. The van der Waals surface area contributed by atoms with E-state index >= 15 is 0 Å². The number of anilines is 2. The van der Waals surface area contributed by atoms with E-state index < -0.39 is 16.6 Å². The molecular formula is C23H20F2N2O5S. The second-order valence-electron chi connectivity index (χ2n) is 7.34. The fraction of sp³-hybridized carbons (Fsp3) is 0.174. The minimum atomic E-state index is -4.00. The second-order valence-corrected chi connectivity index (χ2v) is 9.03. The molecule has 0 saturated heterocycles. The molecule has 1 N–H and O–H groups in total. The number of nitrogens with one attached hydrogen (secondary N) is 1. The molecule has 0 aromatic heterocycles. The highest BCUT2D eigenvalue weighted by molar-refractivity contribution is 7.92.